The van der Waals surface area contributed by atoms with E-state index in [-0.39, 0.29) is 31.1 Å². The molecule has 2 atom stereocenters. The molecule has 0 saturated carbocycles. The van der Waals surface area contributed by atoms with E-state index >= 15 is 0 Å². The van der Waals surface area contributed by atoms with Crippen LogP contribution in [0.2, 0.25) is 0 Å². The van der Waals surface area contributed by atoms with Gasteiger partial charge >= 0.3 is 17.9 Å². The van der Waals surface area contributed by atoms with E-state index in [0.29, 0.717) is 19.3 Å². The third-order valence-electron chi connectivity index (χ3n) is 14.3. The molecule has 0 aromatic rings. The van der Waals surface area contributed by atoms with Gasteiger partial charge in [-0.3, -0.25) is 14.4 Å². The molecule has 0 aliphatic heterocycles. The third kappa shape index (κ3) is 53.6. The Bertz CT molecular complexity index is 1030. The first-order valence-electron chi connectivity index (χ1n) is 30.3. The molecule has 398 valence electrons. The zero-order chi connectivity index (χ0) is 48.9. The van der Waals surface area contributed by atoms with Crippen LogP contribution in [0.1, 0.15) is 343 Å². The van der Waals surface area contributed by atoms with Crippen LogP contribution in [0, 0.1) is 11.8 Å². The molecule has 0 radical (unpaired) electrons. The number of hydrogen-bond acceptors (Lipinski definition) is 6. The molecule has 0 bridgehead atoms. The quantitative estimate of drug-likeness (QED) is 0.0343. The lowest BCUT2D eigenvalue weighted by atomic mass is 9.99. The van der Waals surface area contributed by atoms with Crippen LogP contribution in [0.25, 0.3) is 0 Å². The molecule has 0 aliphatic carbocycles. The third-order valence-corrected chi connectivity index (χ3v) is 14.3. The maximum atomic E-state index is 12.9. The summed E-state index contributed by atoms with van der Waals surface area (Å²) in [4.78, 5) is 38.2. The summed E-state index contributed by atoms with van der Waals surface area (Å²) in [5.74, 6) is 0.893. The van der Waals surface area contributed by atoms with Crippen LogP contribution in [0.15, 0.2) is 0 Å². The Labute approximate surface area is 418 Å². The van der Waals surface area contributed by atoms with E-state index in [2.05, 4.69) is 34.6 Å². The van der Waals surface area contributed by atoms with Gasteiger partial charge in [-0.25, -0.2) is 0 Å². The molecule has 0 fully saturated rings. The molecule has 0 aromatic carbocycles. The molecule has 0 spiro atoms. The fourth-order valence-electron chi connectivity index (χ4n) is 9.37. The lowest BCUT2D eigenvalue weighted by molar-refractivity contribution is -0.167. The van der Waals surface area contributed by atoms with Gasteiger partial charge in [-0.1, -0.05) is 304 Å². The predicted octanol–water partition coefficient (Wildman–Crippen LogP) is 20.0. The lowest BCUT2D eigenvalue weighted by Crippen LogP contribution is -2.30. The first kappa shape index (κ1) is 65.4. The minimum Gasteiger partial charge on any atom is -0.462 e. The summed E-state index contributed by atoms with van der Waals surface area (Å²) < 4.78 is 16.9. The topological polar surface area (TPSA) is 78.9 Å². The van der Waals surface area contributed by atoms with Gasteiger partial charge in [-0.15, -0.1) is 0 Å². The first-order valence-corrected chi connectivity index (χ1v) is 30.3. The van der Waals surface area contributed by atoms with Gasteiger partial charge in [0.1, 0.15) is 13.2 Å². The average Bonchev–Trinajstić information content (AvgIpc) is 3.31. The van der Waals surface area contributed by atoms with E-state index in [1.165, 1.54) is 231 Å². The van der Waals surface area contributed by atoms with Crippen molar-refractivity contribution in [3.05, 3.63) is 0 Å². The molecule has 1 unspecified atom stereocenters. The summed E-state index contributed by atoms with van der Waals surface area (Å²) in [6, 6.07) is 0. The number of carbonyl (C=O) groups excluding carboxylic acids is 3. The van der Waals surface area contributed by atoms with Gasteiger partial charge in [0.2, 0.25) is 0 Å². The van der Waals surface area contributed by atoms with Crippen molar-refractivity contribution in [2.75, 3.05) is 13.2 Å². The first-order chi connectivity index (χ1) is 32.8. The number of ether oxygens (including phenoxy) is 3. The highest BCUT2D eigenvalue weighted by Gasteiger charge is 2.19. The fraction of sp³-hybridized carbons (Fsp3) is 0.951. The van der Waals surface area contributed by atoms with E-state index in [1.54, 1.807) is 0 Å². The zero-order valence-corrected chi connectivity index (χ0v) is 46.0. The summed E-state index contributed by atoms with van der Waals surface area (Å²) in [6.07, 6.45) is 58.0. The van der Waals surface area contributed by atoms with Gasteiger partial charge in [0.15, 0.2) is 6.10 Å². The van der Waals surface area contributed by atoms with Gasteiger partial charge in [-0.2, -0.15) is 0 Å². The zero-order valence-electron chi connectivity index (χ0n) is 46.0. The molecule has 67 heavy (non-hydrogen) atoms. The van der Waals surface area contributed by atoms with Crippen molar-refractivity contribution in [3.8, 4) is 0 Å². The molecule has 0 aliphatic rings. The number of esters is 3. The van der Waals surface area contributed by atoms with Crippen LogP contribution >= 0.6 is 0 Å². The summed E-state index contributed by atoms with van der Waals surface area (Å²) >= 11 is 0. The van der Waals surface area contributed by atoms with Crippen LogP contribution < -0.4 is 0 Å². The van der Waals surface area contributed by atoms with Crippen LogP contribution in [0.3, 0.4) is 0 Å². The van der Waals surface area contributed by atoms with Crippen molar-refractivity contribution in [1.82, 2.24) is 0 Å². The lowest BCUT2D eigenvalue weighted by Gasteiger charge is -2.18. The normalized spacial score (nSPS) is 12.4. The Morgan fingerprint density at radius 1 is 0.313 bits per heavy atom. The second kappa shape index (κ2) is 53.8. The molecular formula is C61H118O6. The maximum absolute atomic E-state index is 12.9. The summed E-state index contributed by atoms with van der Waals surface area (Å²) in [6.45, 7) is 11.5. The van der Waals surface area contributed by atoms with Gasteiger partial charge in [0.25, 0.3) is 0 Å². The molecule has 0 heterocycles. The van der Waals surface area contributed by atoms with Crippen molar-refractivity contribution in [3.63, 3.8) is 0 Å². The van der Waals surface area contributed by atoms with E-state index < -0.39 is 6.10 Å². The Morgan fingerprint density at radius 3 is 0.851 bits per heavy atom. The minimum absolute atomic E-state index is 0.0623. The second-order valence-electron chi connectivity index (χ2n) is 21.7. The van der Waals surface area contributed by atoms with E-state index in [9.17, 15) is 14.4 Å². The standard InChI is InChI=1S/C61H118O6/c1-6-8-9-10-11-12-13-14-15-16-20-26-31-36-41-46-51-59(62)65-54-58(55-66-60(63)52-47-42-37-32-27-23-22-24-29-34-39-44-49-56(3)4)67-61(64)53-48-43-38-33-28-21-18-17-19-25-30-35-40-45-50-57(5)7-2/h56-58H,6-55H2,1-5H3/t57?,58-/m1/s1. The fourth-order valence-corrected chi connectivity index (χ4v) is 9.37. The second-order valence-corrected chi connectivity index (χ2v) is 21.7. The van der Waals surface area contributed by atoms with Crippen molar-refractivity contribution < 1.29 is 28.6 Å². The smallest absolute Gasteiger partial charge is 0.306 e. The summed E-state index contributed by atoms with van der Waals surface area (Å²) in [5.41, 5.74) is 0. The van der Waals surface area contributed by atoms with Crippen molar-refractivity contribution in [2.24, 2.45) is 11.8 Å². The molecule has 6 heteroatoms. The van der Waals surface area contributed by atoms with Crippen molar-refractivity contribution in [2.45, 2.75) is 349 Å². The highest BCUT2D eigenvalue weighted by atomic mass is 16.6. The highest BCUT2D eigenvalue weighted by Crippen LogP contribution is 2.19. The van der Waals surface area contributed by atoms with Crippen LogP contribution in [0.5, 0.6) is 0 Å². The largest absolute Gasteiger partial charge is 0.462 e. The number of carbonyl (C=O) groups is 3. The van der Waals surface area contributed by atoms with Gasteiger partial charge < -0.3 is 14.2 Å². The molecular weight excluding hydrogens is 829 g/mol. The Kier molecular flexibility index (Phi) is 52.5. The van der Waals surface area contributed by atoms with Crippen molar-refractivity contribution >= 4 is 17.9 Å². The average molecular weight is 948 g/mol. The Morgan fingerprint density at radius 2 is 0.567 bits per heavy atom. The van der Waals surface area contributed by atoms with E-state index in [4.69, 9.17) is 14.2 Å². The molecule has 0 amide bonds. The highest BCUT2D eigenvalue weighted by molar-refractivity contribution is 5.71. The minimum atomic E-state index is -0.763. The monoisotopic (exact) mass is 947 g/mol. The number of rotatable bonds is 55. The maximum Gasteiger partial charge on any atom is 0.306 e. The van der Waals surface area contributed by atoms with Crippen LogP contribution in [-0.4, -0.2) is 37.2 Å². The SMILES string of the molecule is CCCCCCCCCCCCCCCCCCC(=O)OC[C@H](COC(=O)CCCCCCCCCCCCCCC(C)C)OC(=O)CCCCCCCCCCCCCCCCC(C)CC. The summed E-state index contributed by atoms with van der Waals surface area (Å²) in [5, 5.41) is 0. The van der Waals surface area contributed by atoms with Crippen LogP contribution in [0.4, 0.5) is 0 Å². The van der Waals surface area contributed by atoms with Gasteiger partial charge in [-0.05, 0) is 31.1 Å². The number of unbranched alkanes of at least 4 members (excludes halogenated alkanes) is 39. The molecule has 0 rings (SSSR count). The molecule has 0 N–H and O–H groups in total. The Hall–Kier alpha value is -1.59. The molecule has 0 saturated heterocycles. The predicted molar refractivity (Wildman–Crippen MR) is 289 cm³/mol. The van der Waals surface area contributed by atoms with Gasteiger partial charge in [0, 0.05) is 19.3 Å². The number of hydrogen-bond donors (Lipinski definition) is 0. The van der Waals surface area contributed by atoms with Crippen molar-refractivity contribution in [1.29, 1.82) is 0 Å². The van der Waals surface area contributed by atoms with E-state index in [1.807, 2.05) is 0 Å². The van der Waals surface area contributed by atoms with Gasteiger partial charge in [0.05, 0.1) is 0 Å². The Balaban J connectivity index is 4.30. The molecule has 6 nitrogen and oxygen atoms in total. The van der Waals surface area contributed by atoms with Crippen LogP contribution in [-0.2, 0) is 28.6 Å². The summed E-state index contributed by atoms with van der Waals surface area (Å²) in [7, 11) is 0. The molecule has 0 aromatic heterocycles. The van der Waals surface area contributed by atoms with E-state index in [0.717, 1.165) is 69.6 Å².